The maximum Gasteiger partial charge on any atom is 0.245 e. The molecule has 0 bridgehead atoms. The molecule has 0 spiro atoms. The standard InChI is InChI=1S/C27H28Cl2N2O2S/c1-2-3-15-30(27(33)25(29)19-7-5-4-6-8-19)18-24(32)31-16-13-23-22(14-17-34-23)26(31)20-9-11-21(28)12-10-20/h4-12,14,17,25-26H,2-3,13,15-16,18H2,1H3. The molecule has 0 saturated heterocycles. The van der Waals surface area contributed by atoms with Gasteiger partial charge in [0.05, 0.1) is 12.6 Å². The molecule has 0 radical (unpaired) electrons. The van der Waals surface area contributed by atoms with E-state index in [2.05, 4.69) is 18.4 Å². The van der Waals surface area contributed by atoms with Gasteiger partial charge in [-0.25, -0.2) is 0 Å². The van der Waals surface area contributed by atoms with Crippen molar-refractivity contribution in [2.75, 3.05) is 19.6 Å². The number of thiophene rings is 1. The van der Waals surface area contributed by atoms with E-state index in [0.29, 0.717) is 18.1 Å². The average molecular weight is 516 g/mol. The Labute approximate surface area is 215 Å². The molecule has 4 rings (SSSR count). The number of hydrogen-bond acceptors (Lipinski definition) is 3. The second-order valence-corrected chi connectivity index (χ2v) is 10.4. The van der Waals surface area contributed by atoms with Crippen molar-refractivity contribution in [3.63, 3.8) is 0 Å². The van der Waals surface area contributed by atoms with Crippen LogP contribution in [0.25, 0.3) is 0 Å². The van der Waals surface area contributed by atoms with Gasteiger partial charge in [-0.15, -0.1) is 22.9 Å². The highest BCUT2D eigenvalue weighted by Gasteiger charge is 2.34. The molecular weight excluding hydrogens is 487 g/mol. The van der Waals surface area contributed by atoms with Gasteiger partial charge in [-0.3, -0.25) is 9.59 Å². The summed E-state index contributed by atoms with van der Waals surface area (Å²) in [6, 6.07) is 18.9. The second-order valence-electron chi connectivity index (χ2n) is 8.48. The fraction of sp³-hybridized carbons (Fsp3) is 0.333. The Morgan fingerprint density at radius 2 is 1.85 bits per heavy atom. The predicted molar refractivity (Wildman–Crippen MR) is 140 cm³/mol. The van der Waals surface area contributed by atoms with Gasteiger partial charge >= 0.3 is 0 Å². The number of rotatable bonds is 8. The third kappa shape index (κ3) is 5.48. The van der Waals surface area contributed by atoms with Crippen molar-refractivity contribution in [1.29, 1.82) is 0 Å². The Balaban J connectivity index is 1.58. The molecule has 3 aromatic rings. The van der Waals surface area contributed by atoms with Crippen molar-refractivity contribution in [1.82, 2.24) is 9.80 Å². The third-order valence-corrected chi connectivity index (χ3v) is 7.89. The van der Waals surface area contributed by atoms with Crippen molar-refractivity contribution in [3.8, 4) is 0 Å². The monoisotopic (exact) mass is 514 g/mol. The van der Waals surface area contributed by atoms with Gasteiger partial charge in [-0.05, 0) is 53.1 Å². The first-order chi connectivity index (χ1) is 16.5. The minimum Gasteiger partial charge on any atom is -0.332 e. The second kappa shape index (κ2) is 11.4. The maximum atomic E-state index is 13.7. The highest BCUT2D eigenvalue weighted by molar-refractivity contribution is 7.10. The number of halogens is 2. The molecule has 0 fully saturated rings. The molecule has 7 heteroatoms. The maximum absolute atomic E-state index is 13.7. The molecule has 2 heterocycles. The summed E-state index contributed by atoms with van der Waals surface area (Å²) in [5, 5.41) is 1.92. The van der Waals surface area contributed by atoms with E-state index in [1.54, 1.807) is 16.2 Å². The number of carbonyl (C=O) groups is 2. The van der Waals surface area contributed by atoms with E-state index in [0.717, 1.165) is 36.0 Å². The number of benzene rings is 2. The van der Waals surface area contributed by atoms with E-state index in [4.69, 9.17) is 23.2 Å². The molecule has 2 aromatic carbocycles. The SMILES string of the molecule is CCCCN(CC(=O)N1CCc2sccc2C1c1ccc(Cl)cc1)C(=O)C(Cl)c1ccccc1. The van der Waals surface area contributed by atoms with Gasteiger partial charge in [-0.2, -0.15) is 0 Å². The average Bonchev–Trinajstić information content (AvgIpc) is 3.35. The lowest BCUT2D eigenvalue weighted by molar-refractivity contribution is -0.141. The van der Waals surface area contributed by atoms with Crippen molar-refractivity contribution in [2.45, 2.75) is 37.6 Å². The molecule has 178 valence electrons. The first-order valence-electron chi connectivity index (χ1n) is 11.6. The van der Waals surface area contributed by atoms with Gasteiger partial charge < -0.3 is 9.80 Å². The summed E-state index contributed by atoms with van der Waals surface area (Å²) in [6.07, 6.45) is 2.55. The third-order valence-electron chi connectivity index (χ3n) is 6.20. The fourth-order valence-corrected chi connectivity index (χ4v) is 5.70. The Morgan fingerprint density at radius 1 is 1.12 bits per heavy atom. The number of nitrogens with zero attached hydrogens (tertiary/aromatic N) is 2. The number of fused-ring (bicyclic) bond motifs is 1. The van der Waals surface area contributed by atoms with Crippen LogP contribution in [-0.2, 0) is 16.0 Å². The summed E-state index contributed by atoms with van der Waals surface area (Å²) in [6.45, 7) is 3.19. The number of carbonyl (C=O) groups excluding carboxylic acids is 2. The highest BCUT2D eigenvalue weighted by Crippen LogP contribution is 2.38. The topological polar surface area (TPSA) is 40.6 Å². The molecule has 1 aliphatic heterocycles. The number of amides is 2. The van der Waals surface area contributed by atoms with Gasteiger partial charge in [0.25, 0.3) is 0 Å². The van der Waals surface area contributed by atoms with Gasteiger partial charge in [0.1, 0.15) is 5.38 Å². The van der Waals surface area contributed by atoms with E-state index >= 15 is 0 Å². The summed E-state index contributed by atoms with van der Waals surface area (Å²) in [4.78, 5) is 31.8. The Bertz CT molecular complexity index is 1120. The summed E-state index contributed by atoms with van der Waals surface area (Å²) in [5.74, 6) is -0.302. The van der Waals surface area contributed by atoms with Crippen molar-refractivity contribution >= 4 is 46.4 Å². The molecule has 0 aliphatic carbocycles. The van der Waals surface area contributed by atoms with E-state index < -0.39 is 5.38 Å². The lowest BCUT2D eigenvalue weighted by Crippen LogP contribution is -2.47. The molecule has 34 heavy (non-hydrogen) atoms. The Hall–Kier alpha value is -2.34. The first-order valence-corrected chi connectivity index (χ1v) is 13.3. The van der Waals surface area contributed by atoms with Crippen LogP contribution in [0.4, 0.5) is 0 Å². The summed E-state index contributed by atoms with van der Waals surface area (Å²) in [7, 11) is 0. The van der Waals surface area contributed by atoms with E-state index in [9.17, 15) is 9.59 Å². The summed E-state index contributed by atoms with van der Waals surface area (Å²) in [5.41, 5.74) is 2.91. The molecule has 4 nitrogen and oxygen atoms in total. The molecule has 2 unspecified atom stereocenters. The van der Waals surface area contributed by atoms with Crippen molar-refractivity contribution in [2.24, 2.45) is 0 Å². The fourth-order valence-electron chi connectivity index (χ4n) is 4.38. The molecular formula is C27H28Cl2N2O2S. The molecule has 0 saturated carbocycles. The lowest BCUT2D eigenvalue weighted by atomic mass is 9.93. The minimum atomic E-state index is -0.817. The van der Waals surface area contributed by atoms with Crippen LogP contribution in [0, 0.1) is 0 Å². The van der Waals surface area contributed by atoms with Gasteiger partial charge in [0.2, 0.25) is 11.8 Å². The van der Waals surface area contributed by atoms with Crippen LogP contribution in [0.1, 0.15) is 52.8 Å². The quantitative estimate of drug-likeness (QED) is 0.322. The van der Waals surface area contributed by atoms with Crippen LogP contribution in [0.3, 0.4) is 0 Å². The van der Waals surface area contributed by atoms with Crippen LogP contribution in [-0.4, -0.2) is 41.2 Å². The Kier molecular flexibility index (Phi) is 8.30. The van der Waals surface area contributed by atoms with Crippen LogP contribution < -0.4 is 0 Å². The first kappa shape index (κ1) is 24.8. The summed E-state index contributed by atoms with van der Waals surface area (Å²) >= 11 is 14.4. The smallest absolute Gasteiger partial charge is 0.245 e. The zero-order valence-electron chi connectivity index (χ0n) is 19.1. The Morgan fingerprint density at radius 3 is 2.56 bits per heavy atom. The van der Waals surface area contributed by atoms with Gasteiger partial charge in [0.15, 0.2) is 0 Å². The zero-order chi connectivity index (χ0) is 24.1. The lowest BCUT2D eigenvalue weighted by Gasteiger charge is -2.38. The van der Waals surface area contributed by atoms with E-state index in [1.165, 1.54) is 4.88 Å². The van der Waals surface area contributed by atoms with Crippen molar-refractivity contribution < 1.29 is 9.59 Å². The van der Waals surface area contributed by atoms with E-state index in [1.807, 2.05) is 59.5 Å². The normalized spacial score (nSPS) is 16.1. The molecule has 2 atom stereocenters. The van der Waals surface area contributed by atoms with Crippen LogP contribution >= 0.6 is 34.5 Å². The largest absolute Gasteiger partial charge is 0.332 e. The van der Waals surface area contributed by atoms with Crippen molar-refractivity contribution in [3.05, 3.63) is 92.6 Å². The molecule has 1 aromatic heterocycles. The van der Waals surface area contributed by atoms with Crippen LogP contribution in [0.5, 0.6) is 0 Å². The predicted octanol–water partition coefficient (Wildman–Crippen LogP) is 6.48. The van der Waals surface area contributed by atoms with Crippen LogP contribution in [0.15, 0.2) is 66.0 Å². The molecule has 0 N–H and O–H groups in total. The van der Waals surface area contributed by atoms with Crippen LogP contribution in [0.2, 0.25) is 5.02 Å². The summed E-state index contributed by atoms with van der Waals surface area (Å²) < 4.78 is 0. The molecule has 1 aliphatic rings. The zero-order valence-corrected chi connectivity index (χ0v) is 21.5. The number of alkyl halides is 1. The van der Waals surface area contributed by atoms with Gasteiger partial charge in [-0.1, -0.05) is 67.4 Å². The van der Waals surface area contributed by atoms with E-state index in [-0.39, 0.29) is 24.4 Å². The minimum absolute atomic E-state index is 0.0123. The number of unbranched alkanes of at least 4 members (excludes halogenated alkanes) is 1. The number of hydrogen-bond donors (Lipinski definition) is 0. The molecule has 2 amide bonds. The highest BCUT2D eigenvalue weighted by atomic mass is 35.5. The van der Waals surface area contributed by atoms with Gasteiger partial charge in [0, 0.05) is 23.0 Å².